The van der Waals surface area contributed by atoms with Crippen molar-refractivity contribution >= 4 is 72.2 Å². The van der Waals surface area contributed by atoms with Crippen molar-refractivity contribution in [1.29, 1.82) is 0 Å². The zero-order valence-corrected chi connectivity index (χ0v) is 38.1. The Morgan fingerprint density at radius 3 is 2.52 bits per heavy atom. The second-order valence-corrected chi connectivity index (χ2v) is 20.0. The van der Waals surface area contributed by atoms with Crippen LogP contribution in [0.2, 0.25) is 5.02 Å². The van der Waals surface area contributed by atoms with Gasteiger partial charge < -0.3 is 19.9 Å². The van der Waals surface area contributed by atoms with Crippen LogP contribution in [-0.4, -0.2) is 121 Å². The van der Waals surface area contributed by atoms with Gasteiger partial charge in [-0.05, 0) is 103 Å². The number of anilines is 2. The van der Waals surface area contributed by atoms with Crippen LogP contribution in [0.5, 0.6) is 0 Å². The first-order valence-electron chi connectivity index (χ1n) is 22.1. The minimum Gasteiger partial charge on any atom is -0.379 e. The lowest BCUT2D eigenvalue weighted by molar-refractivity contribution is -0.384. The Morgan fingerprint density at radius 1 is 0.969 bits per heavy atom. The molecule has 16 nitrogen and oxygen atoms in total. The Labute approximate surface area is 382 Å². The third-order valence-corrected chi connectivity index (χ3v) is 14.4. The predicted molar refractivity (Wildman–Crippen MR) is 253 cm³/mol. The molecule has 3 aliphatic rings. The lowest BCUT2D eigenvalue weighted by Crippen LogP contribution is -2.47. The summed E-state index contributed by atoms with van der Waals surface area (Å²) in [5.41, 5.74) is 7.26. The number of hydrogen-bond donors (Lipinski definition) is 3. The number of halogens is 1. The van der Waals surface area contributed by atoms with Crippen LogP contribution >= 0.6 is 11.6 Å². The molecule has 0 spiro atoms. The lowest BCUT2D eigenvalue weighted by Gasteiger charge is -2.39. The van der Waals surface area contributed by atoms with Gasteiger partial charge in [0, 0.05) is 80.7 Å². The second kappa shape index (κ2) is 18.6. The third kappa shape index (κ3) is 9.89. The first-order valence-corrected chi connectivity index (χ1v) is 24.0. The molecule has 340 valence electrons. The maximum Gasteiger partial charge on any atom is 0.293 e. The lowest BCUT2D eigenvalue weighted by atomic mass is 9.72. The first-order chi connectivity index (χ1) is 31.3. The van der Waals surface area contributed by atoms with Crippen LogP contribution in [0.1, 0.15) is 55.5 Å². The summed E-state index contributed by atoms with van der Waals surface area (Å²) in [6, 6.07) is 20.9. The molecule has 0 atom stereocenters. The van der Waals surface area contributed by atoms with Crippen molar-refractivity contribution < 1.29 is 22.9 Å². The predicted octanol–water partition coefficient (Wildman–Crippen LogP) is 7.50. The SMILES string of the molecule is CC1(C)CCC(CN2CCN(c3ccc(C(=O)NS(=O)(=O)c4ccc(NCCCN5CCOCC5)c([N+](=O)[O-])c4)c(-n4ncc5nc6[nH]ccc6cc54)c3)CC2)=C(c2ccc(Cl)cc2)C1. The standard InChI is InChI=1S/C47H53ClN10O6S/c1-47(2)14-12-34(39(29-47)32-4-6-35(48)7-5-32)31-55-18-20-56(21-19-55)36-8-10-38(42(27-36)57-43-26-33-13-16-50-45(33)52-41(43)30-51-57)46(59)53-65(62,63)37-9-11-40(44(28-37)58(60)61)49-15-3-17-54-22-24-64-25-23-54/h4-11,13,16,26-28,30,49H,3,12,14-15,17-25,29,31H2,1-2H3,(H,50,52)(H,53,59). The average Bonchev–Trinajstić information content (AvgIpc) is 3.94. The number of carbonyl (C=O) groups excluding carboxylic acids is 1. The highest BCUT2D eigenvalue weighted by Gasteiger charge is 2.31. The fourth-order valence-electron chi connectivity index (χ4n) is 9.16. The monoisotopic (exact) mass is 920 g/mol. The van der Waals surface area contributed by atoms with E-state index in [0.29, 0.717) is 42.1 Å². The Balaban J connectivity index is 0.952. The second-order valence-electron chi connectivity index (χ2n) is 17.9. The van der Waals surface area contributed by atoms with Gasteiger partial charge in [-0.3, -0.25) is 24.7 Å². The molecule has 1 amide bonds. The number of ether oxygens (including phenoxy) is 1. The zero-order chi connectivity index (χ0) is 45.3. The quantitative estimate of drug-likeness (QED) is 0.0557. The van der Waals surface area contributed by atoms with E-state index in [0.717, 1.165) is 100 Å². The van der Waals surface area contributed by atoms with Gasteiger partial charge in [0.15, 0.2) is 0 Å². The molecule has 2 fully saturated rings. The molecule has 65 heavy (non-hydrogen) atoms. The molecule has 2 saturated heterocycles. The number of rotatable bonds is 14. The average molecular weight is 922 g/mol. The number of hydrogen-bond acceptors (Lipinski definition) is 12. The number of pyridine rings is 1. The zero-order valence-electron chi connectivity index (χ0n) is 36.6. The molecule has 0 radical (unpaired) electrons. The van der Waals surface area contributed by atoms with Crippen LogP contribution in [-0.2, 0) is 14.8 Å². The molecule has 1 aliphatic carbocycles. The van der Waals surface area contributed by atoms with Crippen molar-refractivity contribution in [3.8, 4) is 5.69 Å². The molecule has 2 aliphatic heterocycles. The largest absolute Gasteiger partial charge is 0.379 e. The van der Waals surface area contributed by atoms with Crippen molar-refractivity contribution in [2.45, 2.75) is 44.4 Å². The van der Waals surface area contributed by atoms with Gasteiger partial charge in [0.2, 0.25) is 0 Å². The number of benzene rings is 3. The molecular weight excluding hydrogens is 868 g/mol. The molecule has 0 bridgehead atoms. The van der Waals surface area contributed by atoms with Gasteiger partial charge in [-0.25, -0.2) is 22.8 Å². The summed E-state index contributed by atoms with van der Waals surface area (Å²) in [5, 5.41) is 21.5. The number of carbonyl (C=O) groups is 1. The van der Waals surface area contributed by atoms with Gasteiger partial charge in [-0.2, -0.15) is 5.10 Å². The van der Waals surface area contributed by atoms with Crippen LogP contribution < -0.4 is 14.9 Å². The number of nitrogens with zero attached hydrogens (tertiary/aromatic N) is 7. The number of aromatic nitrogens is 4. The molecule has 18 heteroatoms. The third-order valence-electron chi connectivity index (χ3n) is 12.8. The van der Waals surface area contributed by atoms with E-state index in [1.165, 1.54) is 28.8 Å². The summed E-state index contributed by atoms with van der Waals surface area (Å²) in [7, 11) is -4.57. The number of H-pyrrole nitrogens is 1. The number of sulfonamides is 1. The van der Waals surface area contributed by atoms with Crippen molar-refractivity contribution in [2.75, 3.05) is 82.3 Å². The number of fused-ring (bicyclic) bond motifs is 2. The fraction of sp³-hybridized carbons (Fsp3) is 0.383. The van der Waals surface area contributed by atoms with Crippen LogP contribution in [0, 0.1) is 15.5 Å². The number of amides is 1. The number of nitro benzene ring substituents is 1. The topological polar surface area (TPSA) is 184 Å². The summed E-state index contributed by atoms with van der Waals surface area (Å²) in [6.45, 7) is 13.0. The molecule has 6 aromatic rings. The Kier molecular flexibility index (Phi) is 12.7. The Bertz CT molecular complexity index is 2880. The first kappa shape index (κ1) is 44.4. The van der Waals surface area contributed by atoms with E-state index in [1.807, 2.05) is 36.4 Å². The van der Waals surface area contributed by atoms with Crippen LogP contribution in [0.4, 0.5) is 17.1 Å². The number of morpholine rings is 1. The molecule has 0 unspecified atom stereocenters. The van der Waals surface area contributed by atoms with Gasteiger partial charge in [0.1, 0.15) is 16.9 Å². The van der Waals surface area contributed by atoms with E-state index in [-0.39, 0.29) is 16.7 Å². The van der Waals surface area contributed by atoms with E-state index < -0.39 is 31.4 Å². The van der Waals surface area contributed by atoms with Gasteiger partial charge in [-0.15, -0.1) is 0 Å². The van der Waals surface area contributed by atoms with E-state index in [1.54, 1.807) is 23.1 Å². The summed E-state index contributed by atoms with van der Waals surface area (Å²) in [4.78, 5) is 40.2. The highest BCUT2D eigenvalue weighted by molar-refractivity contribution is 7.90. The number of nitro groups is 1. The van der Waals surface area contributed by atoms with Gasteiger partial charge in [0.25, 0.3) is 21.6 Å². The summed E-state index contributed by atoms with van der Waals surface area (Å²) in [6.07, 6.45) is 7.33. The fourth-order valence-corrected chi connectivity index (χ4v) is 10.3. The van der Waals surface area contributed by atoms with Gasteiger partial charge in [-0.1, -0.05) is 43.2 Å². The molecule has 0 saturated carbocycles. The number of nitrogens with one attached hydrogen (secondary N) is 3. The molecule has 3 N–H and O–H groups in total. The summed E-state index contributed by atoms with van der Waals surface area (Å²) >= 11 is 6.26. The van der Waals surface area contributed by atoms with Crippen molar-refractivity contribution in [3.63, 3.8) is 0 Å². The van der Waals surface area contributed by atoms with Gasteiger partial charge in [0.05, 0.1) is 46.0 Å². The highest BCUT2D eigenvalue weighted by atomic mass is 35.5. The maximum atomic E-state index is 14.2. The maximum absolute atomic E-state index is 14.2. The van der Waals surface area contributed by atoms with Crippen molar-refractivity contribution in [3.05, 3.63) is 117 Å². The van der Waals surface area contributed by atoms with E-state index in [2.05, 4.69) is 60.8 Å². The van der Waals surface area contributed by atoms with E-state index >= 15 is 0 Å². The molecule has 3 aromatic carbocycles. The van der Waals surface area contributed by atoms with E-state index in [4.69, 9.17) is 21.3 Å². The molecule has 9 rings (SSSR count). The number of piperazine rings is 1. The summed E-state index contributed by atoms with van der Waals surface area (Å²) < 4.78 is 36.9. The smallest absolute Gasteiger partial charge is 0.293 e. The minimum absolute atomic E-state index is 0.0464. The Morgan fingerprint density at radius 2 is 1.75 bits per heavy atom. The normalized spacial score (nSPS) is 17.5. The van der Waals surface area contributed by atoms with Crippen LogP contribution in [0.25, 0.3) is 33.3 Å². The Hall–Kier alpha value is -5.85. The van der Waals surface area contributed by atoms with Crippen molar-refractivity contribution in [2.24, 2.45) is 5.41 Å². The number of aromatic amines is 1. The van der Waals surface area contributed by atoms with Crippen LogP contribution in [0.15, 0.2) is 95.7 Å². The molecule has 3 aromatic heterocycles. The highest BCUT2D eigenvalue weighted by Crippen LogP contribution is 2.43. The molecule has 5 heterocycles. The minimum atomic E-state index is -4.57. The molecular formula is C47H53ClN10O6S. The number of allylic oxidation sites excluding steroid dienone is 1. The van der Waals surface area contributed by atoms with E-state index in [9.17, 15) is 23.3 Å². The van der Waals surface area contributed by atoms with Gasteiger partial charge >= 0.3 is 0 Å². The summed E-state index contributed by atoms with van der Waals surface area (Å²) in [5.74, 6) is -0.913. The van der Waals surface area contributed by atoms with Crippen molar-refractivity contribution in [1.82, 2.24) is 34.3 Å². The van der Waals surface area contributed by atoms with Crippen LogP contribution in [0.3, 0.4) is 0 Å².